The summed E-state index contributed by atoms with van der Waals surface area (Å²) in [4.78, 5) is 3.72. The quantitative estimate of drug-likeness (QED) is 0.534. The predicted octanol–water partition coefficient (Wildman–Crippen LogP) is -1.69. The zero-order valence-electron chi connectivity index (χ0n) is 8.84. The number of nitrogens with one attached hydrogen (secondary N) is 1. The molecule has 0 fully saturated rings. The number of pyridine rings is 1. The van der Waals surface area contributed by atoms with E-state index in [4.69, 9.17) is 10.8 Å². The van der Waals surface area contributed by atoms with Gasteiger partial charge >= 0.3 is 0 Å². The molecule has 4 N–H and O–H groups in total. The van der Waals surface area contributed by atoms with Crippen molar-refractivity contribution in [1.29, 1.82) is 0 Å². The van der Waals surface area contributed by atoms with Crippen molar-refractivity contribution < 1.29 is 13.5 Å². The number of sulfonamides is 1. The number of nitrogens with zero attached hydrogens (tertiary/aromatic N) is 1. The molecule has 0 aliphatic rings. The fourth-order valence-corrected chi connectivity index (χ4v) is 2.24. The van der Waals surface area contributed by atoms with Crippen LogP contribution in [0.3, 0.4) is 0 Å². The molecule has 0 saturated carbocycles. The molecule has 1 rings (SSSR count). The van der Waals surface area contributed by atoms with E-state index in [-0.39, 0.29) is 23.9 Å². The summed E-state index contributed by atoms with van der Waals surface area (Å²) < 4.78 is 25.7. The largest absolute Gasteiger partial charge is 0.395 e. The first-order valence-electron chi connectivity index (χ1n) is 4.66. The summed E-state index contributed by atoms with van der Waals surface area (Å²) >= 11 is 0. The van der Waals surface area contributed by atoms with Crippen LogP contribution in [0.5, 0.6) is 0 Å². The topological polar surface area (TPSA) is 105 Å². The molecular formula is C8H13BN3O3S. The Hall–Kier alpha value is -1.12. The number of aromatic nitrogens is 1. The fourth-order valence-electron chi connectivity index (χ4n) is 1.10. The lowest BCUT2D eigenvalue weighted by molar-refractivity contribution is 0.301. The van der Waals surface area contributed by atoms with Gasteiger partial charge in [0.25, 0.3) is 0 Å². The Kier molecular flexibility index (Phi) is 4.28. The molecule has 16 heavy (non-hydrogen) atoms. The van der Waals surface area contributed by atoms with Gasteiger partial charge in [0.05, 0.1) is 6.61 Å². The van der Waals surface area contributed by atoms with Crippen molar-refractivity contribution in [2.45, 2.75) is 11.7 Å². The Labute approximate surface area is 95.2 Å². The summed E-state index contributed by atoms with van der Waals surface area (Å²) in [7, 11) is -1.98. The van der Waals surface area contributed by atoms with Crippen LogP contribution in [0.25, 0.3) is 0 Å². The first-order valence-corrected chi connectivity index (χ1v) is 6.15. The van der Waals surface area contributed by atoms with Crippen LogP contribution in [-0.2, 0) is 10.0 Å². The minimum absolute atomic E-state index is 0.0537. The van der Waals surface area contributed by atoms with Crippen molar-refractivity contribution in [3.8, 4) is 0 Å². The zero-order valence-corrected chi connectivity index (χ0v) is 9.66. The SMILES string of the molecule is C[B]c1cnc(N)c(S(=O)(=O)NCCO)c1. The number of nitrogen functional groups attached to an aromatic ring is 1. The molecule has 0 aliphatic carbocycles. The van der Waals surface area contributed by atoms with Gasteiger partial charge in [-0.05, 0) is 6.07 Å². The maximum Gasteiger partial charge on any atom is 0.244 e. The van der Waals surface area contributed by atoms with E-state index in [0.29, 0.717) is 5.46 Å². The molecule has 0 atom stereocenters. The van der Waals surface area contributed by atoms with Crippen LogP contribution >= 0.6 is 0 Å². The number of nitrogens with two attached hydrogens (primary N) is 1. The van der Waals surface area contributed by atoms with Crippen molar-refractivity contribution in [2.24, 2.45) is 0 Å². The minimum Gasteiger partial charge on any atom is -0.395 e. The van der Waals surface area contributed by atoms with Gasteiger partial charge in [0.2, 0.25) is 10.0 Å². The molecule has 0 aliphatic heterocycles. The highest BCUT2D eigenvalue weighted by atomic mass is 32.2. The summed E-state index contributed by atoms with van der Waals surface area (Å²) in [5.41, 5.74) is 6.16. The van der Waals surface area contributed by atoms with Gasteiger partial charge in [-0.1, -0.05) is 12.3 Å². The highest BCUT2D eigenvalue weighted by molar-refractivity contribution is 7.89. The summed E-state index contributed by atoms with van der Waals surface area (Å²) in [6, 6.07) is 1.43. The van der Waals surface area contributed by atoms with Crippen LogP contribution in [0.15, 0.2) is 17.2 Å². The Balaban J connectivity index is 3.11. The Bertz CT molecular complexity index is 464. The van der Waals surface area contributed by atoms with Crippen molar-refractivity contribution in [3.05, 3.63) is 12.3 Å². The van der Waals surface area contributed by atoms with Crippen molar-refractivity contribution in [3.63, 3.8) is 0 Å². The van der Waals surface area contributed by atoms with E-state index in [2.05, 4.69) is 9.71 Å². The lowest BCUT2D eigenvalue weighted by Crippen LogP contribution is -2.29. The van der Waals surface area contributed by atoms with Gasteiger partial charge in [-0.2, -0.15) is 0 Å². The summed E-state index contributed by atoms with van der Waals surface area (Å²) in [6.07, 6.45) is 1.49. The van der Waals surface area contributed by atoms with Crippen molar-refractivity contribution in [1.82, 2.24) is 9.71 Å². The van der Waals surface area contributed by atoms with Gasteiger partial charge in [-0.3, -0.25) is 0 Å². The second kappa shape index (κ2) is 5.28. The smallest absolute Gasteiger partial charge is 0.244 e. The Morgan fingerprint density at radius 1 is 1.62 bits per heavy atom. The number of rotatable bonds is 5. The van der Waals surface area contributed by atoms with E-state index in [9.17, 15) is 8.42 Å². The van der Waals surface area contributed by atoms with Crippen LogP contribution in [0.4, 0.5) is 5.82 Å². The van der Waals surface area contributed by atoms with Gasteiger partial charge < -0.3 is 10.8 Å². The number of aliphatic hydroxyl groups excluding tert-OH is 1. The molecule has 6 nitrogen and oxygen atoms in total. The molecule has 1 heterocycles. The molecule has 1 radical (unpaired) electrons. The number of hydrogen-bond donors (Lipinski definition) is 3. The van der Waals surface area contributed by atoms with Gasteiger partial charge in [0, 0.05) is 12.7 Å². The average molecular weight is 242 g/mol. The lowest BCUT2D eigenvalue weighted by Gasteiger charge is -2.08. The van der Waals surface area contributed by atoms with Crippen molar-refractivity contribution in [2.75, 3.05) is 18.9 Å². The fraction of sp³-hybridized carbons (Fsp3) is 0.375. The highest BCUT2D eigenvalue weighted by Gasteiger charge is 2.18. The lowest BCUT2D eigenvalue weighted by atomic mass is 9.74. The van der Waals surface area contributed by atoms with Gasteiger partial charge in [0.1, 0.15) is 18.0 Å². The van der Waals surface area contributed by atoms with Gasteiger partial charge in [-0.15, -0.1) is 0 Å². The monoisotopic (exact) mass is 242 g/mol. The Morgan fingerprint density at radius 3 is 2.88 bits per heavy atom. The van der Waals surface area contributed by atoms with Gasteiger partial charge in [-0.25, -0.2) is 18.1 Å². The first-order chi connectivity index (χ1) is 7.51. The van der Waals surface area contributed by atoms with Crippen LogP contribution in [0, 0.1) is 0 Å². The first kappa shape index (κ1) is 13.0. The Morgan fingerprint density at radius 2 is 2.31 bits per heavy atom. The van der Waals surface area contributed by atoms with E-state index in [1.807, 2.05) is 0 Å². The third-order valence-electron chi connectivity index (χ3n) is 1.93. The molecular weight excluding hydrogens is 229 g/mol. The predicted molar refractivity (Wildman–Crippen MR) is 62.2 cm³/mol. The minimum atomic E-state index is -3.70. The highest BCUT2D eigenvalue weighted by Crippen LogP contribution is 2.12. The zero-order chi connectivity index (χ0) is 12.2. The molecule has 0 amide bonds. The molecule has 0 spiro atoms. The van der Waals surface area contributed by atoms with E-state index in [0.717, 1.165) is 0 Å². The van der Waals surface area contributed by atoms with E-state index < -0.39 is 10.0 Å². The van der Waals surface area contributed by atoms with E-state index in [1.165, 1.54) is 12.3 Å². The molecule has 0 bridgehead atoms. The molecule has 8 heteroatoms. The normalized spacial score (nSPS) is 11.4. The molecule has 87 valence electrons. The third kappa shape index (κ3) is 2.94. The van der Waals surface area contributed by atoms with E-state index >= 15 is 0 Å². The maximum atomic E-state index is 11.7. The standard InChI is InChI=1S/C8H13BN3O3S/c1-9-6-4-7(8(10)11-5-6)16(14,15)12-2-3-13/h4-5,12-13H,2-3H2,1H3,(H2,10,11). The van der Waals surface area contributed by atoms with Gasteiger partial charge in [0.15, 0.2) is 0 Å². The van der Waals surface area contributed by atoms with Crippen molar-refractivity contribution >= 4 is 28.6 Å². The summed E-state index contributed by atoms with van der Waals surface area (Å²) in [5.74, 6) is -0.0592. The maximum absolute atomic E-state index is 11.7. The number of aliphatic hydroxyl groups is 1. The second-order valence-electron chi connectivity index (χ2n) is 3.06. The molecule has 0 unspecified atom stereocenters. The number of hydrogen-bond acceptors (Lipinski definition) is 5. The number of anilines is 1. The third-order valence-corrected chi connectivity index (χ3v) is 3.42. The molecule has 1 aromatic heterocycles. The summed E-state index contributed by atoms with van der Waals surface area (Å²) in [5, 5.41) is 8.57. The second-order valence-corrected chi connectivity index (χ2v) is 4.80. The average Bonchev–Trinajstić information content (AvgIpc) is 2.27. The van der Waals surface area contributed by atoms with Crippen LogP contribution < -0.4 is 15.9 Å². The van der Waals surface area contributed by atoms with Crippen LogP contribution in [0.1, 0.15) is 0 Å². The van der Waals surface area contributed by atoms with Crippen LogP contribution in [-0.4, -0.2) is 38.9 Å². The molecule has 0 aromatic carbocycles. The van der Waals surface area contributed by atoms with E-state index in [1.54, 1.807) is 14.1 Å². The summed E-state index contributed by atoms with van der Waals surface area (Å²) in [6.45, 7) is 1.44. The molecule has 1 aromatic rings. The molecule has 0 saturated heterocycles. The van der Waals surface area contributed by atoms with Crippen LogP contribution in [0.2, 0.25) is 6.82 Å².